The number of benzene rings is 3. The Labute approximate surface area is 249 Å². The first-order valence-electron chi connectivity index (χ1n) is 14.8. The molecule has 0 unspecified atom stereocenters. The molecule has 0 aliphatic heterocycles. The zero-order valence-electron chi connectivity index (χ0n) is 25.2. The molecule has 0 fully saturated rings. The van der Waals surface area contributed by atoms with Crippen LogP contribution in [-0.2, 0) is 17.9 Å². The van der Waals surface area contributed by atoms with Crippen molar-refractivity contribution in [3.8, 4) is 0 Å². The largest absolute Gasteiger partial charge is 0.348 e. The highest BCUT2D eigenvalue weighted by atomic mass is 16.2. The molecule has 4 aromatic rings. The molecular weight excluding hydrogens is 524 g/mol. The van der Waals surface area contributed by atoms with Gasteiger partial charge in [0.25, 0.3) is 5.91 Å². The van der Waals surface area contributed by atoms with Crippen LogP contribution in [0.5, 0.6) is 0 Å². The van der Waals surface area contributed by atoms with E-state index in [1.807, 2.05) is 43.3 Å². The van der Waals surface area contributed by atoms with Gasteiger partial charge in [-0.15, -0.1) is 0 Å². The van der Waals surface area contributed by atoms with Crippen LogP contribution in [0.3, 0.4) is 0 Å². The Balaban J connectivity index is 1.38. The first-order chi connectivity index (χ1) is 20.2. The van der Waals surface area contributed by atoms with Gasteiger partial charge in [-0.1, -0.05) is 75.4 Å². The molecule has 0 radical (unpaired) electrons. The van der Waals surface area contributed by atoms with Gasteiger partial charge in [0.2, 0.25) is 5.91 Å². The maximum atomic E-state index is 13.6. The van der Waals surface area contributed by atoms with E-state index < -0.39 is 6.04 Å². The fourth-order valence-corrected chi connectivity index (χ4v) is 4.92. The number of nitrogens with one attached hydrogen (secondary N) is 5. The maximum absolute atomic E-state index is 13.6. The Hall–Kier alpha value is -4.01. The van der Waals surface area contributed by atoms with Gasteiger partial charge in [0, 0.05) is 24.5 Å². The molecule has 5 N–H and O–H groups in total. The summed E-state index contributed by atoms with van der Waals surface area (Å²) in [6.07, 6.45) is 4.82. The van der Waals surface area contributed by atoms with Crippen molar-refractivity contribution in [2.45, 2.75) is 65.7 Å². The fourth-order valence-electron chi connectivity index (χ4n) is 4.92. The van der Waals surface area contributed by atoms with Crippen LogP contribution in [0.25, 0.3) is 10.8 Å². The van der Waals surface area contributed by atoms with E-state index in [0.717, 1.165) is 47.2 Å². The molecule has 0 saturated carbocycles. The molecule has 2 atom stereocenters. The topological polar surface area (TPSA) is 111 Å². The summed E-state index contributed by atoms with van der Waals surface area (Å²) in [5.74, 6) is 0.433. The number of carbonyl (C=O) groups excluding carboxylic acids is 2. The predicted octanol–water partition coefficient (Wildman–Crippen LogP) is 5.24. The molecule has 1 heterocycles. The van der Waals surface area contributed by atoms with Crippen LogP contribution in [0, 0.1) is 5.41 Å². The summed E-state index contributed by atoms with van der Waals surface area (Å²) in [5, 5.41) is 15.2. The Bertz CT molecular complexity index is 1420. The molecule has 42 heavy (non-hydrogen) atoms. The third-order valence-corrected chi connectivity index (χ3v) is 7.16. The summed E-state index contributed by atoms with van der Waals surface area (Å²) in [6.45, 7) is 11.5. The number of nitrogens with zero attached hydrogens (tertiary/aromatic N) is 1. The lowest BCUT2D eigenvalue weighted by atomic mass is 9.97. The Morgan fingerprint density at radius 2 is 1.67 bits per heavy atom. The summed E-state index contributed by atoms with van der Waals surface area (Å²) >= 11 is 0. The molecule has 1 aromatic heterocycles. The van der Waals surface area contributed by atoms with Gasteiger partial charge in [0.1, 0.15) is 11.9 Å². The molecule has 0 aliphatic carbocycles. The van der Waals surface area contributed by atoms with E-state index in [-0.39, 0.29) is 23.3 Å². The molecule has 2 amide bonds. The Morgan fingerprint density at radius 1 is 0.905 bits per heavy atom. The number of aromatic amines is 1. The zero-order valence-corrected chi connectivity index (χ0v) is 25.2. The van der Waals surface area contributed by atoms with Gasteiger partial charge in [0.05, 0.1) is 12.6 Å². The van der Waals surface area contributed by atoms with Gasteiger partial charge >= 0.3 is 0 Å². The first kappa shape index (κ1) is 30.9. The minimum atomic E-state index is -0.652. The Kier molecular flexibility index (Phi) is 10.9. The van der Waals surface area contributed by atoms with Crippen LogP contribution >= 0.6 is 0 Å². The maximum Gasteiger partial charge on any atom is 0.251 e. The zero-order chi connectivity index (χ0) is 30.0. The number of hydrogen-bond acceptors (Lipinski definition) is 5. The van der Waals surface area contributed by atoms with Gasteiger partial charge < -0.3 is 26.3 Å². The van der Waals surface area contributed by atoms with Gasteiger partial charge in [-0.3, -0.25) is 9.59 Å². The van der Waals surface area contributed by atoms with Crippen molar-refractivity contribution in [2.75, 3.05) is 13.1 Å². The number of carbonyl (C=O) groups is 2. The van der Waals surface area contributed by atoms with Crippen molar-refractivity contribution in [3.63, 3.8) is 0 Å². The van der Waals surface area contributed by atoms with Crippen molar-refractivity contribution in [1.29, 1.82) is 0 Å². The van der Waals surface area contributed by atoms with Crippen LogP contribution < -0.4 is 21.3 Å². The summed E-state index contributed by atoms with van der Waals surface area (Å²) in [7, 11) is 0. The van der Waals surface area contributed by atoms with Gasteiger partial charge in [0.15, 0.2) is 0 Å². The molecule has 3 aromatic carbocycles. The molecule has 0 bridgehead atoms. The predicted molar refractivity (Wildman–Crippen MR) is 169 cm³/mol. The van der Waals surface area contributed by atoms with Gasteiger partial charge in [-0.2, -0.15) is 0 Å². The second-order valence-electron chi connectivity index (χ2n) is 12.0. The van der Waals surface area contributed by atoms with E-state index >= 15 is 0 Å². The summed E-state index contributed by atoms with van der Waals surface area (Å²) in [4.78, 5) is 34.1. The van der Waals surface area contributed by atoms with E-state index in [4.69, 9.17) is 0 Å². The number of imidazole rings is 1. The molecule has 4 rings (SSSR count). The van der Waals surface area contributed by atoms with Crippen LogP contribution in [0.1, 0.15) is 73.9 Å². The third-order valence-electron chi connectivity index (χ3n) is 7.16. The highest BCUT2D eigenvalue weighted by Crippen LogP contribution is 2.24. The van der Waals surface area contributed by atoms with Gasteiger partial charge in [-0.05, 0) is 72.3 Å². The number of fused-ring (bicyclic) bond motifs is 1. The van der Waals surface area contributed by atoms with Crippen LogP contribution in [-0.4, -0.2) is 40.9 Å². The summed E-state index contributed by atoms with van der Waals surface area (Å²) in [5.41, 5.74) is 2.81. The van der Waals surface area contributed by atoms with E-state index in [1.165, 1.54) is 0 Å². The fraction of sp³-hybridized carbons (Fsp3) is 0.382. The number of hydrogen-bond donors (Lipinski definition) is 5. The van der Waals surface area contributed by atoms with Crippen molar-refractivity contribution in [2.24, 2.45) is 5.41 Å². The lowest BCUT2D eigenvalue weighted by Crippen LogP contribution is -2.47. The van der Waals surface area contributed by atoms with Crippen molar-refractivity contribution >= 4 is 22.6 Å². The minimum absolute atomic E-state index is 0.180. The second-order valence-corrected chi connectivity index (χ2v) is 12.0. The van der Waals surface area contributed by atoms with Crippen molar-refractivity contribution < 1.29 is 9.59 Å². The van der Waals surface area contributed by atoms with Crippen LogP contribution in [0.15, 0.2) is 79.1 Å². The lowest BCUT2D eigenvalue weighted by Gasteiger charge is -2.23. The average Bonchev–Trinajstić information content (AvgIpc) is 3.49. The highest BCUT2D eigenvalue weighted by Gasteiger charge is 2.23. The van der Waals surface area contributed by atoms with E-state index in [1.54, 1.807) is 24.5 Å². The lowest BCUT2D eigenvalue weighted by molar-refractivity contribution is -0.123. The first-order valence-corrected chi connectivity index (χ1v) is 14.8. The standard InChI is InChI=1S/C34H44N6O2/c1-24(28-12-7-10-26-9-5-6-11-29(26)28)39-33(42)30(13-8-18-35-23-34(2,3)4)40-32(41)27-16-14-25(15-17-27)21-36-22-31-37-19-20-38-31/h5-7,9-12,14-17,19-20,24,30,35-36H,8,13,18,21-23H2,1-4H3,(H,37,38)(H,39,42)(H,40,41)/t24-,30-/m0/s1. The van der Waals surface area contributed by atoms with Crippen LogP contribution in [0.2, 0.25) is 0 Å². The monoisotopic (exact) mass is 568 g/mol. The quantitative estimate of drug-likeness (QED) is 0.134. The van der Waals surface area contributed by atoms with Crippen molar-refractivity contribution in [3.05, 3.63) is 102 Å². The summed E-state index contributed by atoms with van der Waals surface area (Å²) in [6, 6.07) is 20.9. The smallest absolute Gasteiger partial charge is 0.251 e. The Morgan fingerprint density at radius 3 is 2.40 bits per heavy atom. The molecule has 0 spiro atoms. The molecule has 222 valence electrons. The number of rotatable bonds is 14. The van der Waals surface area contributed by atoms with Crippen LogP contribution in [0.4, 0.5) is 0 Å². The summed E-state index contributed by atoms with van der Waals surface area (Å²) < 4.78 is 0. The second kappa shape index (κ2) is 14.8. The third kappa shape index (κ3) is 9.26. The molecule has 0 saturated heterocycles. The van der Waals surface area contributed by atoms with E-state index in [0.29, 0.717) is 25.1 Å². The minimum Gasteiger partial charge on any atom is -0.348 e. The normalized spacial score (nSPS) is 13.0. The molecule has 8 nitrogen and oxygen atoms in total. The van der Waals surface area contributed by atoms with E-state index in [2.05, 4.69) is 70.2 Å². The van der Waals surface area contributed by atoms with Gasteiger partial charge in [-0.25, -0.2) is 4.98 Å². The molecule has 0 aliphatic rings. The highest BCUT2D eigenvalue weighted by molar-refractivity contribution is 5.97. The number of aromatic nitrogens is 2. The molecule has 8 heteroatoms. The van der Waals surface area contributed by atoms with E-state index in [9.17, 15) is 9.59 Å². The SMILES string of the molecule is C[C@H](NC(=O)[C@H](CCCNCC(C)(C)C)NC(=O)c1ccc(CNCc2ncc[nH]2)cc1)c1cccc2ccccc12. The molecular formula is C34H44N6O2. The number of amides is 2. The average molecular weight is 569 g/mol. The van der Waals surface area contributed by atoms with Crippen molar-refractivity contribution in [1.82, 2.24) is 31.2 Å². The number of H-pyrrole nitrogens is 1.